The van der Waals surface area contributed by atoms with Gasteiger partial charge in [-0.2, -0.15) is 5.26 Å². The van der Waals surface area contributed by atoms with E-state index in [4.69, 9.17) is 0 Å². The van der Waals surface area contributed by atoms with Crippen molar-refractivity contribution in [3.05, 3.63) is 39.4 Å². The second-order valence-corrected chi connectivity index (χ2v) is 8.57. The third-order valence-corrected chi connectivity index (χ3v) is 6.36. The third-order valence-electron chi connectivity index (χ3n) is 4.09. The lowest BCUT2D eigenvalue weighted by Gasteiger charge is -2.19. The Morgan fingerprint density at radius 2 is 2.12 bits per heavy atom. The molecule has 0 aliphatic carbocycles. The van der Waals surface area contributed by atoms with Crippen LogP contribution in [0.4, 0.5) is 0 Å². The van der Waals surface area contributed by atoms with E-state index in [1.54, 1.807) is 11.3 Å². The molecule has 0 fully saturated rings. The highest BCUT2D eigenvalue weighted by Crippen LogP contribution is 2.32. The van der Waals surface area contributed by atoms with Gasteiger partial charge in [0.15, 0.2) is 0 Å². The van der Waals surface area contributed by atoms with Gasteiger partial charge in [-0.15, -0.1) is 23.1 Å². The maximum atomic E-state index is 9.55. The number of nitrogens with zero attached hydrogens (tertiary/aromatic N) is 1. The SMILES string of the molecule is CCCNC(C)/C=C(/C=C(\C#N)c1cccs1)S[C@H](C)C(C)CC. The summed E-state index contributed by atoms with van der Waals surface area (Å²) in [5, 5.41) is 15.6. The van der Waals surface area contributed by atoms with Crippen LogP contribution in [-0.2, 0) is 0 Å². The molecule has 0 saturated carbocycles. The first-order chi connectivity index (χ1) is 11.5. The number of allylic oxidation sites excluding steroid dienone is 2. The van der Waals surface area contributed by atoms with E-state index in [9.17, 15) is 5.26 Å². The molecule has 0 saturated heterocycles. The summed E-state index contributed by atoms with van der Waals surface area (Å²) in [6.45, 7) is 12.2. The van der Waals surface area contributed by atoms with E-state index in [0.29, 0.717) is 17.2 Å². The molecule has 1 aromatic rings. The van der Waals surface area contributed by atoms with Gasteiger partial charge in [0.05, 0.1) is 5.57 Å². The van der Waals surface area contributed by atoms with Gasteiger partial charge in [0, 0.05) is 21.1 Å². The fourth-order valence-electron chi connectivity index (χ4n) is 2.19. The van der Waals surface area contributed by atoms with Crippen LogP contribution >= 0.6 is 23.1 Å². The summed E-state index contributed by atoms with van der Waals surface area (Å²) in [7, 11) is 0. The Bertz CT molecular complexity index is 567. The monoisotopic (exact) mass is 362 g/mol. The van der Waals surface area contributed by atoms with E-state index < -0.39 is 0 Å². The van der Waals surface area contributed by atoms with Crippen LogP contribution in [0.25, 0.3) is 5.57 Å². The Kier molecular flexibility index (Phi) is 10.1. The predicted molar refractivity (Wildman–Crippen MR) is 110 cm³/mol. The zero-order valence-corrected chi connectivity index (χ0v) is 17.1. The number of nitriles is 1. The van der Waals surface area contributed by atoms with Crippen molar-refractivity contribution in [1.82, 2.24) is 5.32 Å². The molecule has 0 amide bonds. The van der Waals surface area contributed by atoms with Gasteiger partial charge in [0.2, 0.25) is 0 Å². The largest absolute Gasteiger partial charge is 0.311 e. The van der Waals surface area contributed by atoms with E-state index >= 15 is 0 Å². The normalized spacial score (nSPS) is 16.5. The van der Waals surface area contributed by atoms with E-state index in [1.807, 2.05) is 29.3 Å². The van der Waals surface area contributed by atoms with Crippen LogP contribution < -0.4 is 5.32 Å². The molecule has 2 nitrogen and oxygen atoms in total. The summed E-state index contributed by atoms with van der Waals surface area (Å²) >= 11 is 3.50. The number of thiophene rings is 1. The summed E-state index contributed by atoms with van der Waals surface area (Å²) in [5.74, 6) is 0.651. The summed E-state index contributed by atoms with van der Waals surface area (Å²) < 4.78 is 0. The quantitative estimate of drug-likeness (QED) is 0.404. The van der Waals surface area contributed by atoms with Crippen molar-refractivity contribution in [3.8, 4) is 6.07 Å². The molecule has 132 valence electrons. The highest BCUT2D eigenvalue weighted by Gasteiger charge is 2.14. The first-order valence-electron chi connectivity index (χ1n) is 8.79. The first-order valence-corrected chi connectivity index (χ1v) is 10.5. The second-order valence-electron chi connectivity index (χ2n) is 6.17. The minimum atomic E-state index is 0.302. The van der Waals surface area contributed by atoms with Crippen molar-refractivity contribution in [3.63, 3.8) is 0 Å². The molecule has 24 heavy (non-hydrogen) atoms. The summed E-state index contributed by atoms with van der Waals surface area (Å²) in [6.07, 6.45) is 6.60. The van der Waals surface area contributed by atoms with E-state index in [0.717, 1.165) is 23.4 Å². The molecule has 0 radical (unpaired) electrons. The van der Waals surface area contributed by atoms with E-state index in [2.05, 4.69) is 58.2 Å². The van der Waals surface area contributed by atoms with Crippen molar-refractivity contribution in [2.75, 3.05) is 6.54 Å². The summed E-state index contributed by atoms with van der Waals surface area (Å²) in [6, 6.07) is 6.67. The van der Waals surface area contributed by atoms with Gasteiger partial charge in [0.25, 0.3) is 0 Å². The lowest BCUT2D eigenvalue weighted by Crippen LogP contribution is -2.25. The van der Waals surface area contributed by atoms with Crippen LogP contribution in [0.2, 0.25) is 0 Å². The topological polar surface area (TPSA) is 35.8 Å². The summed E-state index contributed by atoms with van der Waals surface area (Å²) in [5.41, 5.74) is 0.753. The Hall–Kier alpha value is -1.02. The lowest BCUT2D eigenvalue weighted by molar-refractivity contribution is 0.558. The van der Waals surface area contributed by atoms with Gasteiger partial charge in [-0.1, -0.05) is 46.3 Å². The fraction of sp³-hybridized carbons (Fsp3) is 0.550. The van der Waals surface area contributed by atoms with Crippen molar-refractivity contribution in [2.45, 2.75) is 58.8 Å². The van der Waals surface area contributed by atoms with Gasteiger partial charge in [0.1, 0.15) is 6.07 Å². The van der Waals surface area contributed by atoms with Crippen LogP contribution in [0.1, 0.15) is 52.3 Å². The standard InChI is InChI=1S/C20H30N2S2/c1-6-10-22-16(4)12-19(24-17(5)15(3)7-2)13-18(14-21)20-9-8-11-23-20/h8-9,11-13,15-17,22H,6-7,10H2,1-5H3/b18-13+,19-12-/t15?,16?,17-/m1/s1. The molecule has 0 bridgehead atoms. The lowest BCUT2D eigenvalue weighted by atomic mass is 10.1. The van der Waals surface area contributed by atoms with Gasteiger partial charge >= 0.3 is 0 Å². The Balaban J connectivity index is 3.03. The highest BCUT2D eigenvalue weighted by atomic mass is 32.2. The molecule has 1 heterocycles. The molecule has 0 aliphatic rings. The van der Waals surface area contributed by atoms with Gasteiger partial charge in [-0.3, -0.25) is 0 Å². The van der Waals surface area contributed by atoms with Crippen LogP contribution in [0, 0.1) is 17.2 Å². The van der Waals surface area contributed by atoms with E-state index in [1.165, 1.54) is 11.3 Å². The second kappa shape index (κ2) is 11.5. The van der Waals surface area contributed by atoms with Crippen LogP contribution in [0.15, 0.2) is 34.6 Å². The molecule has 3 atom stereocenters. The Labute approximate surface area is 156 Å². The highest BCUT2D eigenvalue weighted by molar-refractivity contribution is 8.03. The van der Waals surface area contributed by atoms with Gasteiger partial charge in [-0.25, -0.2) is 0 Å². The van der Waals surface area contributed by atoms with Gasteiger partial charge in [-0.05, 0) is 43.3 Å². The van der Waals surface area contributed by atoms with Crippen LogP contribution in [0.3, 0.4) is 0 Å². The minimum Gasteiger partial charge on any atom is -0.311 e. The smallest absolute Gasteiger partial charge is 0.101 e. The molecule has 0 spiro atoms. The first kappa shape index (κ1) is 21.0. The number of nitrogens with one attached hydrogen (secondary N) is 1. The molecule has 0 aromatic carbocycles. The third kappa shape index (κ3) is 7.25. The van der Waals surface area contributed by atoms with E-state index in [-0.39, 0.29) is 0 Å². The maximum absolute atomic E-state index is 9.55. The molecule has 1 N–H and O–H groups in total. The average Bonchev–Trinajstić information content (AvgIpc) is 3.10. The number of rotatable bonds is 10. The molecular weight excluding hydrogens is 332 g/mol. The van der Waals surface area contributed by atoms with Gasteiger partial charge < -0.3 is 5.32 Å². The maximum Gasteiger partial charge on any atom is 0.101 e. The van der Waals surface area contributed by atoms with Crippen LogP contribution in [0.5, 0.6) is 0 Å². The molecule has 1 aromatic heterocycles. The predicted octanol–water partition coefficient (Wildman–Crippen LogP) is 6.09. The van der Waals surface area contributed by atoms with Crippen LogP contribution in [-0.4, -0.2) is 17.8 Å². The fourth-order valence-corrected chi connectivity index (χ4v) is 4.21. The number of hydrogen-bond acceptors (Lipinski definition) is 4. The Morgan fingerprint density at radius 1 is 1.38 bits per heavy atom. The average molecular weight is 363 g/mol. The summed E-state index contributed by atoms with van der Waals surface area (Å²) in [4.78, 5) is 2.22. The molecule has 4 heteroatoms. The Morgan fingerprint density at radius 3 is 2.67 bits per heavy atom. The molecule has 2 unspecified atom stereocenters. The van der Waals surface area contributed by atoms with Crippen molar-refractivity contribution < 1.29 is 0 Å². The van der Waals surface area contributed by atoms with Crippen molar-refractivity contribution in [1.29, 1.82) is 5.26 Å². The minimum absolute atomic E-state index is 0.302. The molecular formula is C20H30N2S2. The van der Waals surface area contributed by atoms with Crippen molar-refractivity contribution in [2.24, 2.45) is 5.92 Å². The van der Waals surface area contributed by atoms with Crippen molar-refractivity contribution >= 4 is 28.7 Å². The zero-order valence-electron chi connectivity index (χ0n) is 15.5. The zero-order chi connectivity index (χ0) is 17.9. The molecule has 1 rings (SSSR count). The number of thioether (sulfide) groups is 1. The molecule has 0 aliphatic heterocycles. The number of hydrogen-bond donors (Lipinski definition) is 1.